The molecule has 0 aromatic heterocycles. The molecule has 1 atom stereocenters. The van der Waals surface area contributed by atoms with Crippen LogP contribution in [0.5, 0.6) is 5.75 Å². The van der Waals surface area contributed by atoms with Crippen molar-refractivity contribution in [2.75, 3.05) is 39.8 Å². The lowest BCUT2D eigenvalue weighted by Crippen LogP contribution is -2.49. The van der Waals surface area contributed by atoms with Gasteiger partial charge < -0.3 is 15.0 Å². The lowest BCUT2D eigenvalue weighted by Gasteiger charge is -2.34. The molecule has 2 aliphatic heterocycles. The fourth-order valence-corrected chi connectivity index (χ4v) is 5.39. The molecule has 1 aromatic carbocycles. The van der Waals surface area contributed by atoms with Gasteiger partial charge in [-0.25, -0.2) is 8.42 Å². The molecule has 1 aromatic rings. The molecule has 2 heterocycles. The van der Waals surface area contributed by atoms with Crippen LogP contribution in [0.25, 0.3) is 0 Å². The number of piperidine rings is 2. The summed E-state index contributed by atoms with van der Waals surface area (Å²) < 4.78 is 32.8. The highest BCUT2D eigenvalue weighted by Crippen LogP contribution is 2.25. The van der Waals surface area contributed by atoms with Crippen LogP contribution in [-0.2, 0) is 14.8 Å². The Bertz CT molecular complexity index is 758. The number of hydrogen-bond donors (Lipinski definition) is 1. The van der Waals surface area contributed by atoms with Crippen LogP contribution < -0.4 is 10.1 Å². The summed E-state index contributed by atoms with van der Waals surface area (Å²) in [4.78, 5) is 15.2. The van der Waals surface area contributed by atoms with Crippen molar-refractivity contribution < 1.29 is 17.9 Å². The van der Waals surface area contributed by atoms with Crippen molar-refractivity contribution in [3.63, 3.8) is 0 Å². The van der Waals surface area contributed by atoms with Crippen molar-refractivity contribution in [2.45, 2.75) is 43.5 Å². The Kier molecular flexibility index (Phi) is 6.95. The molecule has 7 nitrogen and oxygen atoms in total. The zero-order chi connectivity index (χ0) is 20.1. The summed E-state index contributed by atoms with van der Waals surface area (Å²) in [6.07, 6.45) is 3.32. The van der Waals surface area contributed by atoms with Gasteiger partial charge in [-0.2, -0.15) is 4.31 Å². The van der Waals surface area contributed by atoms with Gasteiger partial charge in [0.15, 0.2) is 0 Å². The van der Waals surface area contributed by atoms with Crippen LogP contribution in [0.3, 0.4) is 0 Å². The Labute approximate surface area is 168 Å². The molecule has 2 fully saturated rings. The molecule has 0 unspecified atom stereocenters. The molecule has 0 radical (unpaired) electrons. The number of benzene rings is 1. The molecule has 1 N–H and O–H groups in total. The first-order chi connectivity index (χ1) is 13.4. The van der Waals surface area contributed by atoms with Gasteiger partial charge in [0, 0.05) is 19.1 Å². The van der Waals surface area contributed by atoms with E-state index in [-0.39, 0.29) is 29.3 Å². The van der Waals surface area contributed by atoms with E-state index in [9.17, 15) is 13.2 Å². The lowest BCUT2D eigenvalue weighted by molar-refractivity contribution is -0.127. The van der Waals surface area contributed by atoms with Gasteiger partial charge in [-0.05, 0) is 77.0 Å². The fourth-order valence-electron chi connectivity index (χ4n) is 3.87. The second kappa shape index (κ2) is 9.24. The number of rotatable bonds is 6. The van der Waals surface area contributed by atoms with Crippen molar-refractivity contribution in [3.05, 3.63) is 24.3 Å². The molecular formula is C20H31N3O4S. The van der Waals surface area contributed by atoms with E-state index in [1.807, 2.05) is 6.92 Å². The van der Waals surface area contributed by atoms with Gasteiger partial charge in [-0.1, -0.05) is 0 Å². The van der Waals surface area contributed by atoms with Crippen LogP contribution in [0, 0.1) is 5.92 Å². The Hall–Kier alpha value is -1.64. The maximum absolute atomic E-state index is 13.0. The first-order valence-corrected chi connectivity index (χ1v) is 11.6. The molecule has 8 heteroatoms. The number of ether oxygens (including phenoxy) is 1. The molecule has 0 spiro atoms. The molecule has 0 aliphatic carbocycles. The summed E-state index contributed by atoms with van der Waals surface area (Å²) in [5.41, 5.74) is 0. The van der Waals surface area contributed by atoms with Crippen molar-refractivity contribution in [3.8, 4) is 5.75 Å². The van der Waals surface area contributed by atoms with Gasteiger partial charge in [0.1, 0.15) is 5.75 Å². The molecule has 2 saturated heterocycles. The predicted octanol–water partition coefficient (Wildman–Crippen LogP) is 1.70. The molecule has 156 valence electrons. The van der Waals surface area contributed by atoms with Gasteiger partial charge in [-0.15, -0.1) is 0 Å². The van der Waals surface area contributed by atoms with Gasteiger partial charge >= 0.3 is 0 Å². The molecule has 0 saturated carbocycles. The summed E-state index contributed by atoms with van der Waals surface area (Å²) in [7, 11) is -1.52. The lowest BCUT2D eigenvalue weighted by atomic mass is 9.97. The topological polar surface area (TPSA) is 79.0 Å². The summed E-state index contributed by atoms with van der Waals surface area (Å²) in [6.45, 7) is 5.07. The Balaban J connectivity index is 1.62. The van der Waals surface area contributed by atoms with Gasteiger partial charge in [0.05, 0.1) is 17.4 Å². The zero-order valence-corrected chi connectivity index (χ0v) is 17.6. The van der Waals surface area contributed by atoms with E-state index in [0.29, 0.717) is 25.3 Å². The zero-order valence-electron chi connectivity index (χ0n) is 16.8. The standard InChI is InChI=1S/C20H31N3O4S/c1-3-27-18-6-8-19(9-7-18)28(25,26)23-12-4-5-16(15-23)20(24)21-17-10-13-22(2)14-11-17/h6-9,16-17H,3-5,10-15H2,1-2H3,(H,21,24)/t16-/m1/s1. The average molecular weight is 410 g/mol. The number of hydrogen-bond acceptors (Lipinski definition) is 5. The summed E-state index contributed by atoms with van der Waals surface area (Å²) in [5, 5.41) is 3.14. The van der Waals surface area contributed by atoms with Crippen LogP contribution in [-0.4, -0.2) is 69.4 Å². The fraction of sp³-hybridized carbons (Fsp3) is 0.650. The molecule has 28 heavy (non-hydrogen) atoms. The Morgan fingerprint density at radius 3 is 2.46 bits per heavy atom. The number of amides is 1. The largest absolute Gasteiger partial charge is 0.494 e. The third kappa shape index (κ3) is 5.04. The van der Waals surface area contributed by atoms with E-state index in [1.54, 1.807) is 24.3 Å². The predicted molar refractivity (Wildman–Crippen MR) is 108 cm³/mol. The number of nitrogens with one attached hydrogen (secondary N) is 1. The summed E-state index contributed by atoms with van der Waals surface area (Å²) >= 11 is 0. The van der Waals surface area contributed by atoms with Crippen LogP contribution in [0.2, 0.25) is 0 Å². The molecule has 1 amide bonds. The minimum Gasteiger partial charge on any atom is -0.494 e. The highest BCUT2D eigenvalue weighted by molar-refractivity contribution is 7.89. The minimum absolute atomic E-state index is 0.0128. The molecule has 2 aliphatic rings. The van der Waals surface area contributed by atoms with Crippen molar-refractivity contribution in [2.24, 2.45) is 5.92 Å². The smallest absolute Gasteiger partial charge is 0.243 e. The van der Waals surface area contributed by atoms with Gasteiger partial charge in [0.25, 0.3) is 0 Å². The molecule has 3 rings (SSSR count). The van der Waals surface area contributed by atoms with E-state index in [2.05, 4.69) is 17.3 Å². The third-order valence-corrected chi connectivity index (χ3v) is 7.47. The maximum Gasteiger partial charge on any atom is 0.243 e. The number of likely N-dealkylation sites (tertiary alicyclic amines) is 1. The number of carbonyl (C=O) groups is 1. The van der Waals surface area contributed by atoms with Crippen molar-refractivity contribution in [1.82, 2.24) is 14.5 Å². The monoisotopic (exact) mass is 409 g/mol. The second-order valence-electron chi connectivity index (χ2n) is 7.69. The minimum atomic E-state index is -3.61. The number of nitrogens with zero attached hydrogens (tertiary/aromatic N) is 2. The van der Waals surface area contributed by atoms with Crippen LogP contribution >= 0.6 is 0 Å². The molecular weight excluding hydrogens is 378 g/mol. The first-order valence-electron chi connectivity index (χ1n) is 10.1. The normalized spacial score (nSPS) is 22.7. The van der Waals surface area contributed by atoms with Crippen molar-refractivity contribution in [1.29, 1.82) is 0 Å². The van der Waals surface area contributed by atoms with E-state index >= 15 is 0 Å². The maximum atomic E-state index is 13.0. The summed E-state index contributed by atoms with van der Waals surface area (Å²) in [5.74, 6) is 0.350. The van der Waals surface area contributed by atoms with Crippen LogP contribution in [0.1, 0.15) is 32.6 Å². The van der Waals surface area contributed by atoms with Crippen molar-refractivity contribution >= 4 is 15.9 Å². The quantitative estimate of drug-likeness (QED) is 0.774. The van der Waals surface area contributed by atoms with E-state index in [0.717, 1.165) is 32.4 Å². The van der Waals surface area contributed by atoms with Gasteiger partial charge in [0.2, 0.25) is 15.9 Å². The number of carbonyl (C=O) groups excluding carboxylic acids is 1. The Morgan fingerprint density at radius 1 is 1.14 bits per heavy atom. The van der Waals surface area contributed by atoms with E-state index in [1.165, 1.54) is 4.31 Å². The highest BCUT2D eigenvalue weighted by Gasteiger charge is 2.34. The Morgan fingerprint density at radius 2 is 1.82 bits per heavy atom. The van der Waals surface area contributed by atoms with Crippen LogP contribution in [0.15, 0.2) is 29.2 Å². The first kappa shape index (κ1) is 21.1. The third-order valence-electron chi connectivity index (χ3n) is 5.59. The molecule has 0 bridgehead atoms. The average Bonchev–Trinajstić information content (AvgIpc) is 2.70. The SMILES string of the molecule is CCOc1ccc(S(=O)(=O)N2CCC[C@@H](C(=O)NC3CCN(C)CC3)C2)cc1. The second-order valence-corrected chi connectivity index (χ2v) is 9.63. The van der Waals surface area contributed by atoms with Crippen LogP contribution in [0.4, 0.5) is 0 Å². The van der Waals surface area contributed by atoms with E-state index < -0.39 is 10.0 Å². The summed E-state index contributed by atoms with van der Waals surface area (Å²) in [6, 6.07) is 6.68. The number of sulfonamides is 1. The van der Waals surface area contributed by atoms with E-state index in [4.69, 9.17) is 4.74 Å². The van der Waals surface area contributed by atoms with Gasteiger partial charge in [-0.3, -0.25) is 4.79 Å². The highest BCUT2D eigenvalue weighted by atomic mass is 32.2.